The molecular formula is C11H11BrN2O. The van der Waals surface area contributed by atoms with Crippen molar-refractivity contribution in [2.45, 2.75) is 6.92 Å². The number of halogens is 1. The molecular weight excluding hydrogens is 256 g/mol. The topological polar surface area (TPSA) is 55.1 Å². The largest absolute Gasteiger partial charge is 0.398 e. The first-order valence-corrected chi connectivity index (χ1v) is 5.13. The minimum Gasteiger partial charge on any atom is -0.398 e. The Morgan fingerprint density at radius 3 is 2.93 bits per heavy atom. The van der Waals surface area contributed by atoms with Crippen molar-refractivity contribution in [1.82, 2.24) is 5.32 Å². The van der Waals surface area contributed by atoms with Gasteiger partial charge in [-0.1, -0.05) is 21.9 Å². The Morgan fingerprint density at radius 2 is 2.33 bits per heavy atom. The predicted molar refractivity (Wildman–Crippen MR) is 64.5 cm³/mol. The summed E-state index contributed by atoms with van der Waals surface area (Å²) in [5, 5.41) is 2.59. The molecule has 4 heteroatoms. The van der Waals surface area contributed by atoms with Gasteiger partial charge in [0.25, 0.3) is 5.91 Å². The number of nitrogens with one attached hydrogen (secondary N) is 1. The van der Waals surface area contributed by atoms with Crippen molar-refractivity contribution in [2.75, 3.05) is 12.3 Å². The normalized spacial score (nSPS) is 9.40. The maximum Gasteiger partial charge on any atom is 0.252 e. The highest BCUT2D eigenvalue weighted by atomic mass is 79.9. The third-order valence-corrected chi connectivity index (χ3v) is 2.47. The zero-order valence-electron chi connectivity index (χ0n) is 8.30. The van der Waals surface area contributed by atoms with Crippen LogP contribution < -0.4 is 11.1 Å². The summed E-state index contributed by atoms with van der Waals surface area (Å²) in [6, 6.07) is 3.48. The first-order valence-electron chi connectivity index (χ1n) is 4.33. The van der Waals surface area contributed by atoms with Crippen molar-refractivity contribution in [1.29, 1.82) is 0 Å². The molecule has 1 aromatic rings. The summed E-state index contributed by atoms with van der Waals surface area (Å²) in [5.41, 5.74) is 7.61. The Balaban J connectivity index is 3.04. The van der Waals surface area contributed by atoms with Crippen LogP contribution in [-0.4, -0.2) is 12.5 Å². The Hall–Kier alpha value is -1.47. The lowest BCUT2D eigenvalue weighted by atomic mass is 10.1. The molecule has 0 radical (unpaired) electrons. The molecule has 0 saturated carbocycles. The van der Waals surface area contributed by atoms with Crippen molar-refractivity contribution in [3.05, 3.63) is 27.7 Å². The van der Waals surface area contributed by atoms with Gasteiger partial charge < -0.3 is 11.1 Å². The summed E-state index contributed by atoms with van der Waals surface area (Å²) in [7, 11) is 0. The minimum atomic E-state index is -0.210. The smallest absolute Gasteiger partial charge is 0.252 e. The lowest BCUT2D eigenvalue weighted by Crippen LogP contribution is -2.24. The van der Waals surface area contributed by atoms with Crippen LogP contribution in [0.1, 0.15) is 15.9 Å². The minimum absolute atomic E-state index is 0.210. The maximum absolute atomic E-state index is 11.6. The molecule has 0 heterocycles. The zero-order valence-corrected chi connectivity index (χ0v) is 9.89. The molecule has 0 aliphatic rings. The third kappa shape index (κ3) is 2.74. The quantitative estimate of drug-likeness (QED) is 0.633. The van der Waals surface area contributed by atoms with Crippen LogP contribution >= 0.6 is 15.9 Å². The highest BCUT2D eigenvalue weighted by molar-refractivity contribution is 9.10. The molecule has 1 rings (SSSR count). The van der Waals surface area contributed by atoms with Crippen molar-refractivity contribution in [2.24, 2.45) is 0 Å². The van der Waals surface area contributed by atoms with E-state index in [9.17, 15) is 4.79 Å². The molecule has 0 saturated heterocycles. The van der Waals surface area contributed by atoms with Gasteiger partial charge in [0.05, 0.1) is 6.54 Å². The maximum atomic E-state index is 11.6. The van der Waals surface area contributed by atoms with E-state index in [1.54, 1.807) is 19.1 Å². The molecule has 0 aromatic heterocycles. The predicted octanol–water partition coefficient (Wildman–Crippen LogP) is 1.70. The number of rotatable bonds is 2. The second kappa shape index (κ2) is 4.85. The lowest BCUT2D eigenvalue weighted by Gasteiger charge is -2.08. The Kier molecular flexibility index (Phi) is 3.75. The first kappa shape index (κ1) is 11.6. The number of hydrogen-bond donors (Lipinski definition) is 2. The van der Waals surface area contributed by atoms with Crippen LogP contribution in [0, 0.1) is 19.3 Å². The molecule has 0 fully saturated rings. The second-order valence-electron chi connectivity index (χ2n) is 3.05. The molecule has 0 unspecified atom stereocenters. The highest BCUT2D eigenvalue weighted by Gasteiger charge is 2.11. The molecule has 1 amide bonds. The molecule has 1 aromatic carbocycles. The van der Waals surface area contributed by atoms with Gasteiger partial charge in [-0.05, 0) is 24.6 Å². The summed E-state index contributed by atoms with van der Waals surface area (Å²) >= 11 is 3.28. The first-order chi connectivity index (χ1) is 7.06. The van der Waals surface area contributed by atoms with Crippen molar-refractivity contribution < 1.29 is 4.79 Å². The van der Waals surface area contributed by atoms with Gasteiger partial charge in [0, 0.05) is 15.7 Å². The van der Waals surface area contributed by atoms with E-state index >= 15 is 0 Å². The number of amides is 1. The number of nitrogen functional groups attached to an aromatic ring is 1. The average Bonchev–Trinajstić information content (AvgIpc) is 2.19. The van der Waals surface area contributed by atoms with Gasteiger partial charge in [-0.25, -0.2) is 0 Å². The van der Waals surface area contributed by atoms with E-state index in [4.69, 9.17) is 12.2 Å². The second-order valence-corrected chi connectivity index (χ2v) is 3.97. The van der Waals surface area contributed by atoms with E-state index in [0.717, 1.165) is 10.0 Å². The summed E-state index contributed by atoms with van der Waals surface area (Å²) in [6.45, 7) is 2.01. The fraction of sp³-hybridized carbons (Fsp3) is 0.182. The average molecular weight is 267 g/mol. The van der Waals surface area contributed by atoms with Crippen molar-refractivity contribution in [3.8, 4) is 12.3 Å². The number of carbonyl (C=O) groups excluding carboxylic acids is 1. The highest BCUT2D eigenvalue weighted by Crippen LogP contribution is 2.22. The van der Waals surface area contributed by atoms with Crippen LogP contribution in [0.2, 0.25) is 0 Å². The van der Waals surface area contributed by atoms with E-state index < -0.39 is 0 Å². The third-order valence-electron chi connectivity index (χ3n) is 2.01. The molecule has 0 aliphatic carbocycles. The van der Waals surface area contributed by atoms with E-state index in [1.165, 1.54) is 0 Å². The van der Waals surface area contributed by atoms with Crippen LogP contribution in [0.3, 0.4) is 0 Å². The van der Waals surface area contributed by atoms with E-state index in [0.29, 0.717) is 11.3 Å². The zero-order chi connectivity index (χ0) is 11.4. The molecule has 15 heavy (non-hydrogen) atoms. The number of nitrogens with two attached hydrogens (primary N) is 1. The molecule has 0 bridgehead atoms. The Labute approximate surface area is 97.2 Å². The van der Waals surface area contributed by atoms with Crippen LogP contribution in [0.15, 0.2) is 16.6 Å². The van der Waals surface area contributed by atoms with Crippen molar-refractivity contribution in [3.63, 3.8) is 0 Å². The SMILES string of the molecule is C#CCNC(=O)c1cc(Br)cc(N)c1C. The molecule has 3 N–H and O–H groups in total. The Morgan fingerprint density at radius 1 is 1.67 bits per heavy atom. The summed E-state index contributed by atoms with van der Waals surface area (Å²) in [4.78, 5) is 11.6. The number of anilines is 1. The van der Waals surface area contributed by atoms with Crippen molar-refractivity contribution >= 4 is 27.5 Å². The summed E-state index contributed by atoms with van der Waals surface area (Å²) in [6.07, 6.45) is 5.05. The van der Waals surface area contributed by atoms with Gasteiger partial charge in [0.2, 0.25) is 0 Å². The molecule has 0 atom stereocenters. The molecule has 0 spiro atoms. The van der Waals surface area contributed by atoms with Gasteiger partial charge in [-0.15, -0.1) is 6.42 Å². The number of hydrogen-bond acceptors (Lipinski definition) is 2. The fourth-order valence-corrected chi connectivity index (χ4v) is 1.64. The van der Waals surface area contributed by atoms with Gasteiger partial charge in [0.15, 0.2) is 0 Å². The standard InChI is InChI=1S/C11H11BrN2O/c1-3-4-14-11(15)9-5-8(12)6-10(13)7(9)2/h1,5-6H,4,13H2,2H3,(H,14,15). The van der Waals surface area contributed by atoms with Crippen LogP contribution in [0.5, 0.6) is 0 Å². The molecule has 78 valence electrons. The van der Waals surface area contributed by atoms with E-state index in [-0.39, 0.29) is 12.5 Å². The monoisotopic (exact) mass is 266 g/mol. The van der Waals surface area contributed by atoms with E-state index in [1.807, 2.05) is 0 Å². The Bertz CT molecular complexity index is 435. The van der Waals surface area contributed by atoms with Gasteiger partial charge in [0.1, 0.15) is 0 Å². The fourth-order valence-electron chi connectivity index (χ4n) is 1.16. The molecule has 0 aliphatic heterocycles. The lowest BCUT2D eigenvalue weighted by molar-refractivity contribution is 0.0958. The van der Waals surface area contributed by atoms with Crippen LogP contribution in [-0.2, 0) is 0 Å². The van der Waals surface area contributed by atoms with Crippen LogP contribution in [0.25, 0.3) is 0 Å². The summed E-state index contributed by atoms with van der Waals surface area (Å²) in [5.74, 6) is 2.13. The van der Waals surface area contributed by atoms with Gasteiger partial charge >= 0.3 is 0 Å². The number of benzene rings is 1. The van der Waals surface area contributed by atoms with Gasteiger partial charge in [-0.3, -0.25) is 4.79 Å². The molecule has 3 nitrogen and oxygen atoms in total. The van der Waals surface area contributed by atoms with E-state index in [2.05, 4.69) is 27.2 Å². The summed E-state index contributed by atoms with van der Waals surface area (Å²) < 4.78 is 0.774. The van der Waals surface area contributed by atoms with Crippen LogP contribution in [0.4, 0.5) is 5.69 Å². The number of terminal acetylenes is 1. The van der Waals surface area contributed by atoms with Gasteiger partial charge in [-0.2, -0.15) is 0 Å². The number of carbonyl (C=O) groups is 1.